The fraction of sp³-hybridized carbons (Fsp3) is 0.133. The molecule has 10 radical (unpaired) electrons. The summed E-state index contributed by atoms with van der Waals surface area (Å²) in [5, 5.41) is 0. The van der Waals surface area contributed by atoms with Crippen LogP contribution < -0.4 is 0 Å². The Hall–Kier alpha value is 0.629. The van der Waals surface area contributed by atoms with Gasteiger partial charge in [0.25, 0.3) is 0 Å². The monoisotopic (exact) mass is 332 g/mol. The Kier molecular flexibility index (Phi) is 12.8. The molecule has 0 aromatic rings. The molecule has 0 heterocycles. The molecule has 4 heteroatoms. The van der Waals surface area contributed by atoms with Crippen molar-refractivity contribution in [2.24, 2.45) is 0 Å². The summed E-state index contributed by atoms with van der Waals surface area (Å²) in [7, 11) is 0. The van der Waals surface area contributed by atoms with E-state index in [4.69, 9.17) is 0 Å². The molecule has 2 aliphatic rings. The molecule has 0 unspecified atom stereocenters. The summed E-state index contributed by atoms with van der Waals surface area (Å²) in [6.45, 7) is 0. The van der Waals surface area contributed by atoms with E-state index in [1.54, 1.807) is 29.6 Å². The zero-order valence-corrected chi connectivity index (χ0v) is 13.6. The minimum absolute atomic E-state index is 0. The molecule has 0 N–H and O–H groups in total. The van der Waals surface area contributed by atoms with Gasteiger partial charge in [-0.1, -0.05) is 0 Å². The summed E-state index contributed by atoms with van der Waals surface area (Å²) < 4.78 is 1.05. The zero-order valence-electron chi connectivity index (χ0n) is 10.9. The molecule has 100 valence electrons. The number of ketones is 1. The Balaban J connectivity index is 0.000000454. The van der Waals surface area contributed by atoms with Gasteiger partial charge in [-0.25, -0.2) is 0 Å². The first-order valence-electron chi connectivity index (χ1n) is 5.50. The number of carbonyl (C=O) groups is 1. The molecule has 1 nitrogen and oxygen atoms in total. The molecule has 19 heavy (non-hydrogen) atoms. The average molecular weight is 332 g/mol. The second-order valence-electron chi connectivity index (χ2n) is 3.37. The van der Waals surface area contributed by atoms with Gasteiger partial charge < -0.3 is 0 Å². The van der Waals surface area contributed by atoms with Crippen LogP contribution >= 0.6 is 23.5 Å². The fourth-order valence-electron chi connectivity index (χ4n) is 1.25. The summed E-state index contributed by atoms with van der Waals surface area (Å²) in [5.74, 6) is 0.851. The molecule has 2 aliphatic carbocycles. The van der Waals surface area contributed by atoms with Crippen LogP contribution in [0.1, 0.15) is 0 Å². The third kappa shape index (κ3) is 8.49. The van der Waals surface area contributed by atoms with E-state index in [9.17, 15) is 4.79 Å². The largest absolute Gasteiger partial charge is 2.00 e. The zero-order chi connectivity index (χ0) is 13.2. The number of rotatable bonds is 4. The van der Waals surface area contributed by atoms with Gasteiger partial charge in [-0.2, -0.15) is 0 Å². The van der Waals surface area contributed by atoms with Crippen molar-refractivity contribution in [2.45, 2.75) is 0 Å². The Morgan fingerprint density at radius 2 is 1.32 bits per heavy atom. The van der Waals surface area contributed by atoms with E-state index in [1.165, 1.54) is 0 Å². The molecule has 0 saturated heterocycles. The van der Waals surface area contributed by atoms with E-state index in [-0.39, 0.29) is 22.9 Å². The SMILES string of the molecule is CSC(=CC(=O)[C]1[CH][CH][CH][CH]1)SC.[CH]1[CH][CH][CH][CH]1.[Fe+2]. The van der Waals surface area contributed by atoms with E-state index < -0.39 is 0 Å². The number of thioether (sulfide) groups is 2. The molecule has 0 spiro atoms. The van der Waals surface area contributed by atoms with Crippen molar-refractivity contribution in [3.05, 3.63) is 74.0 Å². The van der Waals surface area contributed by atoms with Gasteiger partial charge in [-0.15, -0.1) is 23.5 Å². The van der Waals surface area contributed by atoms with Gasteiger partial charge in [-0.05, 0) is 70.3 Å². The Bertz CT molecular complexity index is 256. The molecule has 0 aromatic heterocycles. The first-order chi connectivity index (χ1) is 8.77. The van der Waals surface area contributed by atoms with Crippen LogP contribution in [0.5, 0.6) is 0 Å². The molecular formula is C15H16FeOS2+2. The number of hydrogen-bond donors (Lipinski definition) is 0. The molecule has 0 aromatic carbocycles. The fourth-order valence-corrected chi connectivity index (χ4v) is 2.37. The van der Waals surface area contributed by atoms with Crippen LogP contribution in [0, 0.1) is 63.7 Å². The maximum atomic E-state index is 11.5. The van der Waals surface area contributed by atoms with Gasteiger partial charge in [0.1, 0.15) is 0 Å². The van der Waals surface area contributed by atoms with Gasteiger partial charge in [0.05, 0.1) is 5.92 Å². The number of allylic oxidation sites excluding steroid dienone is 1. The number of hydrogen-bond acceptors (Lipinski definition) is 3. The summed E-state index contributed by atoms with van der Waals surface area (Å²) in [6, 6.07) is 0. The molecule has 0 atom stereocenters. The van der Waals surface area contributed by atoms with Gasteiger partial charge in [0.2, 0.25) is 0 Å². The average Bonchev–Trinajstić information content (AvgIpc) is 3.09. The summed E-state index contributed by atoms with van der Waals surface area (Å²) in [6.07, 6.45) is 23.0. The quantitative estimate of drug-likeness (QED) is 0.579. The molecule has 2 fully saturated rings. The number of carbonyl (C=O) groups excluding carboxylic acids is 1. The van der Waals surface area contributed by atoms with Gasteiger partial charge in [0.15, 0.2) is 5.78 Å². The van der Waals surface area contributed by atoms with Crippen molar-refractivity contribution in [2.75, 3.05) is 12.5 Å². The standard InChI is InChI=1S/C10H11OS2.C5H5.Fe/c1-12-10(13-2)7-9(11)8-5-3-4-6-8;1-2-4-5-3-1;/h3-7H,1-2H3;1-5H;/q;;+2. The van der Waals surface area contributed by atoms with Gasteiger partial charge in [-0.3, -0.25) is 4.79 Å². The van der Waals surface area contributed by atoms with E-state index in [2.05, 4.69) is 0 Å². The smallest absolute Gasteiger partial charge is 0.294 e. The molecule has 0 amide bonds. The minimum Gasteiger partial charge on any atom is -0.294 e. The van der Waals surface area contributed by atoms with Crippen molar-refractivity contribution in [3.63, 3.8) is 0 Å². The van der Waals surface area contributed by atoms with Crippen molar-refractivity contribution >= 4 is 29.3 Å². The van der Waals surface area contributed by atoms with Crippen LogP contribution in [0.2, 0.25) is 0 Å². The van der Waals surface area contributed by atoms with Crippen LogP contribution in [-0.4, -0.2) is 18.3 Å². The molecule has 0 bridgehead atoms. The normalized spacial score (nSPS) is 18.2. The molecule has 2 rings (SSSR count). The molecule has 0 aliphatic heterocycles. The van der Waals surface area contributed by atoms with Crippen LogP contribution in [0.15, 0.2) is 10.3 Å². The van der Waals surface area contributed by atoms with Crippen LogP contribution in [0.3, 0.4) is 0 Å². The van der Waals surface area contributed by atoms with Crippen LogP contribution in [0.25, 0.3) is 0 Å². The third-order valence-electron chi connectivity index (χ3n) is 2.15. The van der Waals surface area contributed by atoms with Crippen LogP contribution in [0.4, 0.5) is 0 Å². The van der Waals surface area contributed by atoms with Crippen molar-refractivity contribution in [1.29, 1.82) is 0 Å². The Labute approximate surface area is 137 Å². The third-order valence-corrected chi connectivity index (χ3v) is 4.19. The van der Waals surface area contributed by atoms with Gasteiger partial charge >= 0.3 is 17.1 Å². The molecule has 2 saturated carbocycles. The second kappa shape index (κ2) is 12.4. The first kappa shape index (κ1) is 19.6. The Morgan fingerprint density at radius 1 is 0.895 bits per heavy atom. The second-order valence-corrected chi connectivity index (χ2v) is 5.33. The minimum atomic E-state index is 0. The van der Waals surface area contributed by atoms with Crippen molar-refractivity contribution in [1.82, 2.24) is 0 Å². The van der Waals surface area contributed by atoms with Gasteiger partial charge in [0, 0.05) is 10.3 Å². The molecular weight excluding hydrogens is 316 g/mol. The predicted octanol–water partition coefficient (Wildman–Crippen LogP) is 3.55. The van der Waals surface area contributed by atoms with Crippen LogP contribution in [-0.2, 0) is 21.9 Å². The summed E-state index contributed by atoms with van der Waals surface area (Å²) in [4.78, 5) is 11.5. The van der Waals surface area contributed by atoms with E-state index in [0.717, 1.165) is 10.2 Å². The summed E-state index contributed by atoms with van der Waals surface area (Å²) in [5.41, 5.74) is 0. The Morgan fingerprint density at radius 3 is 1.68 bits per heavy atom. The topological polar surface area (TPSA) is 17.1 Å². The van der Waals surface area contributed by atoms with Crippen molar-refractivity contribution < 1.29 is 21.9 Å². The van der Waals surface area contributed by atoms with E-state index in [0.29, 0.717) is 0 Å². The maximum absolute atomic E-state index is 11.5. The van der Waals surface area contributed by atoms with E-state index >= 15 is 0 Å². The maximum Gasteiger partial charge on any atom is 2.00 e. The van der Waals surface area contributed by atoms with E-state index in [1.807, 2.05) is 70.3 Å². The predicted molar refractivity (Wildman–Crippen MR) is 82.1 cm³/mol. The van der Waals surface area contributed by atoms with Crippen molar-refractivity contribution in [3.8, 4) is 0 Å². The first-order valence-corrected chi connectivity index (χ1v) is 7.95. The summed E-state index contributed by atoms with van der Waals surface area (Å²) >= 11 is 3.20.